The predicted molar refractivity (Wildman–Crippen MR) is 229 cm³/mol. The molecule has 0 fully saturated rings. The van der Waals surface area contributed by atoms with Crippen molar-refractivity contribution in [2.75, 3.05) is 26.4 Å². The quantitative estimate of drug-likeness (QED) is 0.0267. The van der Waals surface area contributed by atoms with Gasteiger partial charge in [0.15, 0.2) is 6.10 Å². The molecule has 55 heavy (non-hydrogen) atoms. The molecule has 1 unspecified atom stereocenters. The van der Waals surface area contributed by atoms with Crippen LogP contribution in [0, 0.1) is 0 Å². The Morgan fingerprint density at radius 3 is 1.31 bits per heavy atom. The molecule has 326 valence electrons. The summed E-state index contributed by atoms with van der Waals surface area (Å²) in [6, 6.07) is 0. The van der Waals surface area contributed by atoms with Crippen LogP contribution < -0.4 is 5.73 Å². The highest BCUT2D eigenvalue weighted by atomic mass is 31.2. The Morgan fingerprint density at radius 2 is 0.891 bits per heavy atom. The zero-order valence-electron chi connectivity index (χ0n) is 35.9. The maximum atomic E-state index is 12.6. The molecule has 0 rings (SSSR count). The number of unbranched alkanes of at least 4 members (excludes halogenated alkanes) is 29. The topological polar surface area (TPSA) is 134 Å². The third-order valence-corrected chi connectivity index (χ3v) is 11.1. The van der Waals surface area contributed by atoms with E-state index in [4.69, 9.17) is 24.3 Å². The molecule has 9 nitrogen and oxygen atoms in total. The smallest absolute Gasteiger partial charge is 0.462 e. The average molecular weight is 802 g/mol. The molecule has 0 saturated carbocycles. The van der Waals surface area contributed by atoms with Crippen LogP contribution in [0.3, 0.4) is 0 Å². The van der Waals surface area contributed by atoms with Crippen molar-refractivity contribution in [3.8, 4) is 0 Å². The summed E-state index contributed by atoms with van der Waals surface area (Å²) < 4.78 is 32.8. The fourth-order valence-corrected chi connectivity index (χ4v) is 7.45. The highest BCUT2D eigenvalue weighted by Crippen LogP contribution is 2.43. The molecule has 0 spiro atoms. The number of hydrogen-bond acceptors (Lipinski definition) is 8. The number of allylic oxidation sites excluding steroid dienone is 2. The number of nitrogens with two attached hydrogens (primary N) is 1. The highest BCUT2D eigenvalue weighted by molar-refractivity contribution is 7.47. The van der Waals surface area contributed by atoms with Gasteiger partial charge in [-0.1, -0.05) is 193 Å². The van der Waals surface area contributed by atoms with Crippen LogP contribution in [-0.2, 0) is 32.7 Å². The Kier molecular flexibility index (Phi) is 41.4. The number of hydrogen-bond donors (Lipinski definition) is 2. The fourth-order valence-electron chi connectivity index (χ4n) is 6.69. The van der Waals surface area contributed by atoms with Gasteiger partial charge in [0.2, 0.25) is 0 Å². The Hall–Kier alpha value is -1.25. The lowest BCUT2D eigenvalue weighted by molar-refractivity contribution is -0.161. The molecule has 10 heteroatoms. The lowest BCUT2D eigenvalue weighted by Crippen LogP contribution is -2.29. The number of esters is 2. The van der Waals surface area contributed by atoms with E-state index < -0.39 is 26.5 Å². The number of phosphoric ester groups is 1. The zero-order chi connectivity index (χ0) is 40.3. The third-order valence-electron chi connectivity index (χ3n) is 10.2. The van der Waals surface area contributed by atoms with Crippen molar-refractivity contribution < 1.29 is 37.6 Å². The van der Waals surface area contributed by atoms with Crippen molar-refractivity contribution in [1.29, 1.82) is 0 Å². The summed E-state index contributed by atoms with van der Waals surface area (Å²) in [6.45, 7) is 3.74. The minimum absolute atomic E-state index is 0.0540. The molecule has 0 aliphatic rings. The van der Waals surface area contributed by atoms with Gasteiger partial charge in [0.25, 0.3) is 0 Å². The maximum Gasteiger partial charge on any atom is 0.472 e. The van der Waals surface area contributed by atoms with E-state index in [-0.39, 0.29) is 38.6 Å². The summed E-state index contributed by atoms with van der Waals surface area (Å²) >= 11 is 0. The average Bonchev–Trinajstić information content (AvgIpc) is 3.17. The van der Waals surface area contributed by atoms with E-state index in [9.17, 15) is 19.0 Å². The molecule has 0 saturated heterocycles. The molecule has 0 radical (unpaired) electrons. The minimum Gasteiger partial charge on any atom is -0.462 e. The van der Waals surface area contributed by atoms with Crippen LogP contribution >= 0.6 is 7.82 Å². The van der Waals surface area contributed by atoms with Crippen LogP contribution in [-0.4, -0.2) is 49.3 Å². The van der Waals surface area contributed by atoms with Gasteiger partial charge in [-0.25, -0.2) is 4.57 Å². The first kappa shape index (κ1) is 53.8. The van der Waals surface area contributed by atoms with Gasteiger partial charge >= 0.3 is 19.8 Å². The molecule has 0 amide bonds. The highest BCUT2D eigenvalue weighted by Gasteiger charge is 2.26. The second-order valence-electron chi connectivity index (χ2n) is 15.6. The second kappa shape index (κ2) is 42.4. The van der Waals surface area contributed by atoms with E-state index in [0.717, 1.165) is 44.9 Å². The van der Waals surface area contributed by atoms with Gasteiger partial charge in [0, 0.05) is 19.4 Å². The van der Waals surface area contributed by atoms with E-state index >= 15 is 0 Å². The molecule has 0 aliphatic carbocycles. The Balaban J connectivity index is 4.03. The summed E-state index contributed by atoms with van der Waals surface area (Å²) in [5.74, 6) is -0.835. The van der Waals surface area contributed by atoms with Crippen LogP contribution in [0.5, 0.6) is 0 Å². The summed E-state index contributed by atoms with van der Waals surface area (Å²) in [6.07, 6.45) is 43.9. The maximum absolute atomic E-state index is 12.6. The van der Waals surface area contributed by atoms with Crippen molar-refractivity contribution in [2.45, 2.75) is 238 Å². The predicted octanol–water partition coefficient (Wildman–Crippen LogP) is 13.4. The first-order valence-corrected chi connectivity index (χ1v) is 24.7. The van der Waals surface area contributed by atoms with E-state index in [2.05, 4.69) is 26.0 Å². The van der Waals surface area contributed by atoms with Crippen LogP contribution in [0.1, 0.15) is 232 Å². The summed E-state index contributed by atoms with van der Waals surface area (Å²) in [4.78, 5) is 34.9. The molecule has 0 aromatic carbocycles. The van der Waals surface area contributed by atoms with Gasteiger partial charge in [-0.2, -0.15) is 0 Å². The minimum atomic E-state index is -4.37. The summed E-state index contributed by atoms with van der Waals surface area (Å²) in [5.41, 5.74) is 5.35. The number of ether oxygens (including phenoxy) is 2. The SMILES string of the molecule is CCCCCCCC/C=C/CCCCCC(=O)O[C@@H](COC(=O)CCCCCCCCCCCCCCCCCCCCCCC)COP(=O)(O)OCCN. The van der Waals surface area contributed by atoms with Crippen LogP contribution in [0.2, 0.25) is 0 Å². The summed E-state index contributed by atoms with van der Waals surface area (Å²) in [5, 5.41) is 0. The first-order chi connectivity index (χ1) is 26.8. The van der Waals surface area contributed by atoms with Gasteiger partial charge in [-0.15, -0.1) is 0 Å². The number of rotatable bonds is 44. The fraction of sp³-hybridized carbons (Fsp3) is 0.911. The Morgan fingerprint density at radius 1 is 0.527 bits per heavy atom. The van der Waals surface area contributed by atoms with Crippen LogP contribution in [0.4, 0.5) is 0 Å². The van der Waals surface area contributed by atoms with Crippen LogP contribution in [0.25, 0.3) is 0 Å². The molecule has 3 N–H and O–H groups in total. The van der Waals surface area contributed by atoms with E-state index in [1.165, 1.54) is 154 Å². The third kappa shape index (κ3) is 42.2. The molecular formula is C45H88NO8P. The van der Waals surface area contributed by atoms with E-state index in [1.807, 2.05) is 0 Å². The Labute approximate surface area is 339 Å². The van der Waals surface area contributed by atoms with Crippen LogP contribution in [0.15, 0.2) is 12.2 Å². The van der Waals surface area contributed by atoms with Crippen molar-refractivity contribution in [3.63, 3.8) is 0 Å². The van der Waals surface area contributed by atoms with Crippen molar-refractivity contribution in [2.24, 2.45) is 5.73 Å². The van der Waals surface area contributed by atoms with Crippen molar-refractivity contribution >= 4 is 19.8 Å². The molecule has 2 atom stereocenters. The largest absolute Gasteiger partial charge is 0.472 e. The van der Waals surface area contributed by atoms with E-state index in [0.29, 0.717) is 6.42 Å². The monoisotopic (exact) mass is 802 g/mol. The molecule has 0 bridgehead atoms. The lowest BCUT2D eigenvalue weighted by Gasteiger charge is -2.19. The summed E-state index contributed by atoms with van der Waals surface area (Å²) in [7, 11) is -4.37. The molecule has 0 aliphatic heterocycles. The van der Waals surface area contributed by atoms with Gasteiger partial charge in [-0.05, 0) is 38.5 Å². The van der Waals surface area contributed by atoms with Crippen molar-refractivity contribution in [1.82, 2.24) is 0 Å². The normalized spacial score (nSPS) is 13.3. The molecule has 0 aromatic rings. The van der Waals surface area contributed by atoms with Gasteiger partial charge in [0.05, 0.1) is 13.2 Å². The number of carbonyl (C=O) groups is 2. The van der Waals surface area contributed by atoms with E-state index in [1.54, 1.807) is 0 Å². The second-order valence-corrected chi connectivity index (χ2v) is 17.1. The van der Waals surface area contributed by atoms with Gasteiger partial charge < -0.3 is 20.1 Å². The van der Waals surface area contributed by atoms with Gasteiger partial charge in [0.1, 0.15) is 6.61 Å². The lowest BCUT2D eigenvalue weighted by atomic mass is 10.0. The standard InChI is InChI=1S/C45H88NO8P/c1-3-5-7-9-11-13-15-17-18-19-20-21-22-23-24-26-27-29-31-33-35-37-44(47)51-41-43(42-53-55(49,50)52-40-39-46)54-45(48)38-36-34-32-30-28-25-16-14-12-10-8-6-4-2/h25,28,43H,3-24,26-27,29-42,46H2,1-2H3,(H,49,50)/b28-25+/t43-/m0/s1. The van der Waals surface area contributed by atoms with Gasteiger partial charge in [-0.3, -0.25) is 18.6 Å². The molecule has 0 aromatic heterocycles. The number of phosphoric acid groups is 1. The zero-order valence-corrected chi connectivity index (χ0v) is 36.8. The Bertz CT molecular complexity index is 917. The van der Waals surface area contributed by atoms with Crippen molar-refractivity contribution in [3.05, 3.63) is 12.2 Å². The first-order valence-electron chi connectivity index (χ1n) is 23.2. The molecule has 0 heterocycles. The molecular weight excluding hydrogens is 713 g/mol. The number of carbonyl (C=O) groups excluding carboxylic acids is 2.